The highest BCUT2D eigenvalue weighted by Gasteiger charge is 2.31. The number of nitrogens with zero attached hydrogens (tertiary/aromatic N) is 4. The van der Waals surface area contributed by atoms with Gasteiger partial charge in [0.1, 0.15) is 6.54 Å². The number of carbonyl (C=O) groups is 1. The minimum atomic E-state index is -3.61. The van der Waals surface area contributed by atoms with Crippen molar-refractivity contribution in [3.05, 3.63) is 82.1 Å². The van der Waals surface area contributed by atoms with E-state index in [2.05, 4.69) is 5.10 Å². The first kappa shape index (κ1) is 22.5. The Hall–Kier alpha value is -3.30. The van der Waals surface area contributed by atoms with Crippen LogP contribution in [-0.2, 0) is 34.2 Å². The van der Waals surface area contributed by atoms with Gasteiger partial charge in [-0.1, -0.05) is 36.4 Å². The van der Waals surface area contributed by atoms with E-state index in [1.54, 1.807) is 23.1 Å². The van der Waals surface area contributed by atoms with Crippen LogP contribution in [-0.4, -0.2) is 59.5 Å². The number of hydrogen-bond donors (Lipinski definition) is 0. The predicted octanol–water partition coefficient (Wildman–Crippen LogP) is 1.93. The van der Waals surface area contributed by atoms with Gasteiger partial charge < -0.3 is 4.90 Å². The lowest BCUT2D eigenvalue weighted by molar-refractivity contribution is -0.133. The first-order valence-electron chi connectivity index (χ1n) is 11.5. The zero-order valence-corrected chi connectivity index (χ0v) is 19.6. The van der Waals surface area contributed by atoms with E-state index in [0.29, 0.717) is 10.6 Å². The second kappa shape index (κ2) is 9.15. The zero-order chi connectivity index (χ0) is 23.7. The Labute approximate surface area is 198 Å². The molecule has 1 saturated heterocycles. The van der Waals surface area contributed by atoms with Gasteiger partial charge in [-0.15, -0.1) is 0 Å². The molecule has 1 fully saturated rings. The maximum absolute atomic E-state index is 13.1. The van der Waals surface area contributed by atoms with Gasteiger partial charge in [-0.25, -0.2) is 13.1 Å². The summed E-state index contributed by atoms with van der Waals surface area (Å²) in [6, 6.07) is 17.9. The van der Waals surface area contributed by atoms with Crippen LogP contribution in [0.4, 0.5) is 0 Å². The Kier molecular flexibility index (Phi) is 6.05. The molecule has 0 unspecified atom stereocenters. The third-order valence-electron chi connectivity index (χ3n) is 6.52. The summed E-state index contributed by atoms with van der Waals surface area (Å²) in [5, 5.41) is 4.35. The zero-order valence-electron chi connectivity index (χ0n) is 18.8. The minimum Gasteiger partial charge on any atom is -0.338 e. The van der Waals surface area contributed by atoms with Crippen LogP contribution in [0.15, 0.2) is 70.4 Å². The Morgan fingerprint density at radius 3 is 2.38 bits per heavy atom. The topological polar surface area (TPSA) is 92.6 Å². The summed E-state index contributed by atoms with van der Waals surface area (Å²) in [6.07, 6.45) is 2.98. The van der Waals surface area contributed by atoms with Gasteiger partial charge in [-0.3, -0.25) is 9.59 Å². The molecule has 1 amide bonds. The number of sulfonamides is 1. The molecular weight excluding hydrogens is 452 g/mol. The molecule has 0 spiro atoms. The van der Waals surface area contributed by atoms with Crippen molar-refractivity contribution < 1.29 is 13.2 Å². The van der Waals surface area contributed by atoms with Crippen molar-refractivity contribution in [3.63, 3.8) is 0 Å². The molecule has 2 aromatic carbocycles. The van der Waals surface area contributed by atoms with Gasteiger partial charge in [-0.2, -0.15) is 9.40 Å². The molecule has 1 aromatic heterocycles. The number of rotatable bonds is 5. The average molecular weight is 479 g/mol. The maximum Gasteiger partial charge on any atom is 0.267 e. The molecule has 3 aromatic rings. The Morgan fingerprint density at radius 1 is 0.882 bits per heavy atom. The number of piperazine rings is 1. The SMILES string of the molecule is O=C(Cn1nc(-c2ccccc2)ccc1=O)N1CCN(S(=O)(=O)c2ccc3c(c2)CCC3)CC1. The van der Waals surface area contributed by atoms with Crippen LogP contribution in [0, 0.1) is 0 Å². The summed E-state index contributed by atoms with van der Waals surface area (Å²) >= 11 is 0. The van der Waals surface area contributed by atoms with Gasteiger partial charge >= 0.3 is 0 Å². The molecule has 0 bridgehead atoms. The Morgan fingerprint density at radius 2 is 1.62 bits per heavy atom. The molecule has 8 nitrogen and oxygen atoms in total. The number of aryl methyl sites for hydroxylation is 2. The average Bonchev–Trinajstić information content (AvgIpc) is 3.34. The molecule has 34 heavy (non-hydrogen) atoms. The molecular formula is C25H26N4O4S. The second-order valence-corrected chi connectivity index (χ2v) is 10.6. The van der Waals surface area contributed by atoms with Crippen molar-refractivity contribution in [2.75, 3.05) is 26.2 Å². The van der Waals surface area contributed by atoms with Gasteiger partial charge in [-0.05, 0) is 48.6 Å². The van der Waals surface area contributed by atoms with Crippen molar-refractivity contribution in [1.29, 1.82) is 0 Å². The molecule has 2 aliphatic rings. The van der Waals surface area contributed by atoms with Crippen molar-refractivity contribution in [2.45, 2.75) is 30.7 Å². The van der Waals surface area contributed by atoms with E-state index in [0.717, 1.165) is 30.4 Å². The van der Waals surface area contributed by atoms with E-state index < -0.39 is 10.0 Å². The molecule has 0 saturated carbocycles. The van der Waals surface area contributed by atoms with E-state index >= 15 is 0 Å². The predicted molar refractivity (Wildman–Crippen MR) is 128 cm³/mol. The van der Waals surface area contributed by atoms with Gasteiger partial charge in [0, 0.05) is 37.8 Å². The summed E-state index contributed by atoms with van der Waals surface area (Å²) in [5.41, 5.74) is 3.46. The second-order valence-electron chi connectivity index (χ2n) is 8.65. The number of benzene rings is 2. The van der Waals surface area contributed by atoms with E-state index in [4.69, 9.17) is 0 Å². The van der Waals surface area contributed by atoms with Gasteiger partial charge in [0.15, 0.2) is 0 Å². The van der Waals surface area contributed by atoms with Crippen LogP contribution >= 0.6 is 0 Å². The van der Waals surface area contributed by atoms with Crippen LogP contribution in [0.1, 0.15) is 17.5 Å². The molecule has 0 radical (unpaired) electrons. The summed E-state index contributed by atoms with van der Waals surface area (Å²) in [4.78, 5) is 27.1. The van der Waals surface area contributed by atoms with E-state index in [1.165, 1.54) is 20.6 Å². The number of hydrogen-bond acceptors (Lipinski definition) is 5. The Bertz CT molecular complexity index is 1380. The quantitative estimate of drug-likeness (QED) is 0.559. The van der Waals surface area contributed by atoms with Crippen molar-refractivity contribution in [2.24, 2.45) is 0 Å². The first-order valence-corrected chi connectivity index (χ1v) is 12.9. The lowest BCUT2D eigenvalue weighted by Gasteiger charge is -2.34. The molecule has 2 heterocycles. The molecule has 1 aliphatic carbocycles. The first-order chi connectivity index (χ1) is 16.4. The summed E-state index contributed by atoms with van der Waals surface area (Å²) in [6.45, 7) is 0.804. The van der Waals surface area contributed by atoms with Crippen molar-refractivity contribution in [1.82, 2.24) is 19.0 Å². The van der Waals surface area contributed by atoms with E-state index in [-0.39, 0.29) is 44.2 Å². The highest BCUT2D eigenvalue weighted by atomic mass is 32.2. The molecule has 1 aliphatic heterocycles. The van der Waals surface area contributed by atoms with Crippen LogP contribution in [0.2, 0.25) is 0 Å². The molecule has 176 valence electrons. The summed E-state index contributed by atoms with van der Waals surface area (Å²) in [5.74, 6) is -0.255. The van der Waals surface area contributed by atoms with Crippen LogP contribution in [0.25, 0.3) is 11.3 Å². The fraction of sp³-hybridized carbons (Fsp3) is 0.320. The molecule has 0 atom stereocenters. The highest BCUT2D eigenvalue weighted by Crippen LogP contribution is 2.26. The lowest BCUT2D eigenvalue weighted by Crippen LogP contribution is -2.51. The van der Waals surface area contributed by atoms with Crippen molar-refractivity contribution >= 4 is 15.9 Å². The highest BCUT2D eigenvalue weighted by molar-refractivity contribution is 7.89. The monoisotopic (exact) mass is 478 g/mol. The molecule has 9 heteroatoms. The normalized spacial score (nSPS) is 16.4. The minimum absolute atomic E-state index is 0.183. The lowest BCUT2D eigenvalue weighted by atomic mass is 10.1. The number of fused-ring (bicyclic) bond motifs is 1. The van der Waals surface area contributed by atoms with Gasteiger partial charge in [0.25, 0.3) is 5.56 Å². The molecule has 0 N–H and O–H groups in total. The number of amides is 1. The third kappa shape index (κ3) is 4.41. The fourth-order valence-corrected chi connectivity index (χ4v) is 6.06. The molecule has 5 rings (SSSR count). The summed E-state index contributed by atoms with van der Waals surface area (Å²) in [7, 11) is -3.61. The smallest absolute Gasteiger partial charge is 0.267 e. The maximum atomic E-state index is 13.1. The van der Waals surface area contributed by atoms with Gasteiger partial charge in [0.2, 0.25) is 15.9 Å². The standard InChI is InChI=1S/C25H26N4O4S/c30-24-12-11-23(20-5-2-1-3-6-20)26-29(24)18-25(31)27-13-15-28(16-14-27)34(32,33)22-10-9-19-7-4-8-21(19)17-22/h1-3,5-6,9-12,17H,4,7-8,13-16,18H2. The van der Waals surface area contributed by atoms with Gasteiger partial charge in [0.05, 0.1) is 10.6 Å². The van der Waals surface area contributed by atoms with Crippen LogP contribution in [0.3, 0.4) is 0 Å². The Balaban J connectivity index is 1.25. The number of carbonyl (C=O) groups excluding carboxylic acids is 1. The van der Waals surface area contributed by atoms with Crippen molar-refractivity contribution in [3.8, 4) is 11.3 Å². The third-order valence-corrected chi connectivity index (χ3v) is 8.41. The van der Waals surface area contributed by atoms with E-state index in [1.807, 2.05) is 36.4 Å². The van der Waals surface area contributed by atoms with E-state index in [9.17, 15) is 18.0 Å². The van der Waals surface area contributed by atoms with Crippen LogP contribution < -0.4 is 5.56 Å². The number of aromatic nitrogens is 2. The van der Waals surface area contributed by atoms with Crippen LogP contribution in [0.5, 0.6) is 0 Å². The largest absolute Gasteiger partial charge is 0.338 e. The summed E-state index contributed by atoms with van der Waals surface area (Å²) < 4.78 is 28.9. The fourth-order valence-electron chi connectivity index (χ4n) is 4.59.